The van der Waals surface area contributed by atoms with Crippen LogP contribution in [0.15, 0.2) is 33.3 Å². The normalized spacial score (nSPS) is 10.4. The molecular weight excluding hydrogens is 359 g/mol. The Hall–Kier alpha value is -0.590. The van der Waals surface area contributed by atoms with Crippen LogP contribution in [-0.2, 0) is 0 Å². The van der Waals surface area contributed by atoms with Crippen LogP contribution in [-0.4, -0.2) is 9.97 Å². The van der Waals surface area contributed by atoms with Crippen LogP contribution in [0.5, 0.6) is 0 Å². The predicted molar refractivity (Wildman–Crippen MR) is 70.2 cm³/mol. The number of H-pyrrole nitrogens is 1. The number of nitrogens with zero attached hydrogens (tertiary/aromatic N) is 1. The van der Waals surface area contributed by atoms with Crippen molar-refractivity contribution in [2.75, 3.05) is 0 Å². The minimum Gasteiger partial charge on any atom is -0.330 e. The van der Waals surface area contributed by atoms with Gasteiger partial charge in [-0.3, -0.25) is 0 Å². The molecule has 1 heterocycles. The molecule has 0 aliphatic carbocycles. The molecule has 0 atom stereocenters. The topological polar surface area (TPSA) is 28.7 Å². The van der Waals surface area contributed by atoms with E-state index >= 15 is 0 Å². The lowest BCUT2D eigenvalue weighted by atomic mass is 10.2. The second kappa shape index (κ2) is 4.73. The average Bonchev–Trinajstić information content (AvgIpc) is 2.26. The zero-order valence-corrected chi connectivity index (χ0v) is 11.8. The third-order valence-electron chi connectivity index (χ3n) is 1.95. The largest absolute Gasteiger partial charge is 0.330 e. The highest BCUT2D eigenvalue weighted by Gasteiger charge is 2.04. The van der Waals surface area contributed by atoms with Crippen LogP contribution < -0.4 is 0 Å². The average molecular weight is 364 g/mol. The van der Waals surface area contributed by atoms with Crippen molar-refractivity contribution in [2.45, 2.75) is 0 Å². The van der Waals surface area contributed by atoms with E-state index in [1.807, 2.05) is 0 Å². The number of benzene rings is 1. The van der Waals surface area contributed by atoms with Crippen LogP contribution in [0.3, 0.4) is 0 Å². The summed E-state index contributed by atoms with van der Waals surface area (Å²) in [5.41, 5.74) is 0.770. The summed E-state index contributed by atoms with van der Waals surface area (Å²) >= 11 is 11.5. The van der Waals surface area contributed by atoms with Crippen LogP contribution in [0.4, 0.5) is 4.39 Å². The Morgan fingerprint density at radius 2 is 2.00 bits per heavy atom. The first kappa shape index (κ1) is 11.9. The second-order valence-electron chi connectivity index (χ2n) is 3.04. The van der Waals surface area contributed by atoms with E-state index in [4.69, 9.17) is 12.2 Å². The Balaban J connectivity index is 2.55. The smallest absolute Gasteiger partial charge is 0.138 e. The summed E-state index contributed by atoms with van der Waals surface area (Å²) in [5.74, 6) is 0.299. The van der Waals surface area contributed by atoms with Gasteiger partial charge in [0.05, 0.1) is 8.95 Å². The lowest BCUT2D eigenvalue weighted by Crippen LogP contribution is -1.90. The molecule has 1 aromatic heterocycles. The lowest BCUT2D eigenvalue weighted by molar-refractivity contribution is 0.621. The molecule has 2 aromatic rings. The van der Waals surface area contributed by atoms with E-state index in [1.165, 1.54) is 6.07 Å². The summed E-state index contributed by atoms with van der Waals surface area (Å²) in [6.45, 7) is 0. The fourth-order valence-corrected chi connectivity index (χ4v) is 1.90. The van der Waals surface area contributed by atoms with Gasteiger partial charge in [-0.05, 0) is 50.1 Å². The molecule has 0 saturated carbocycles. The molecule has 0 fully saturated rings. The maximum atomic E-state index is 13.1. The molecule has 0 amide bonds. The van der Waals surface area contributed by atoms with E-state index in [1.54, 1.807) is 18.3 Å². The van der Waals surface area contributed by atoms with Gasteiger partial charge in [-0.1, -0.05) is 12.2 Å². The standard InChI is InChI=1S/C10H5Br2FN2S/c11-6-3-5(1-2-8(6)13)9-14-4-7(12)10(16)15-9/h1-4H,(H,14,15,16). The third kappa shape index (κ3) is 2.39. The zero-order valence-electron chi connectivity index (χ0n) is 7.80. The first-order chi connectivity index (χ1) is 7.58. The van der Waals surface area contributed by atoms with Crippen LogP contribution in [0, 0.1) is 10.5 Å². The van der Waals surface area contributed by atoms with Gasteiger partial charge in [-0.2, -0.15) is 0 Å². The van der Waals surface area contributed by atoms with E-state index in [0.717, 1.165) is 10.0 Å². The van der Waals surface area contributed by atoms with Crippen LogP contribution in [0.25, 0.3) is 11.4 Å². The molecule has 0 radical (unpaired) electrons. The van der Waals surface area contributed by atoms with Gasteiger partial charge >= 0.3 is 0 Å². The lowest BCUT2D eigenvalue weighted by Gasteiger charge is -2.02. The summed E-state index contributed by atoms with van der Waals surface area (Å²) in [6, 6.07) is 4.67. The molecule has 0 spiro atoms. The van der Waals surface area contributed by atoms with Crippen molar-refractivity contribution in [1.82, 2.24) is 9.97 Å². The minimum absolute atomic E-state index is 0.306. The number of aromatic amines is 1. The van der Waals surface area contributed by atoms with Crippen molar-refractivity contribution in [3.8, 4) is 11.4 Å². The van der Waals surface area contributed by atoms with Crippen LogP contribution in [0.1, 0.15) is 0 Å². The van der Waals surface area contributed by atoms with Crippen molar-refractivity contribution in [1.29, 1.82) is 0 Å². The SMILES string of the molecule is Fc1ccc(-c2ncc(Br)c(=S)[nH]2)cc1Br. The van der Waals surface area contributed by atoms with Gasteiger partial charge in [0, 0.05) is 11.8 Å². The molecule has 0 aliphatic rings. The Labute approximate surface area is 113 Å². The van der Waals surface area contributed by atoms with Crippen LogP contribution in [0.2, 0.25) is 0 Å². The van der Waals surface area contributed by atoms with Gasteiger partial charge < -0.3 is 4.98 Å². The van der Waals surface area contributed by atoms with Gasteiger partial charge in [0.1, 0.15) is 16.3 Å². The molecule has 0 saturated heterocycles. The predicted octanol–water partition coefficient (Wildman–Crippen LogP) is 4.47. The minimum atomic E-state index is -0.306. The maximum absolute atomic E-state index is 13.1. The van der Waals surface area contributed by atoms with Gasteiger partial charge in [-0.15, -0.1) is 0 Å². The molecule has 2 nitrogen and oxygen atoms in total. The first-order valence-electron chi connectivity index (χ1n) is 4.28. The number of halogens is 3. The van der Waals surface area contributed by atoms with E-state index in [0.29, 0.717) is 14.9 Å². The van der Waals surface area contributed by atoms with Gasteiger partial charge in [-0.25, -0.2) is 9.37 Å². The monoisotopic (exact) mass is 362 g/mol. The molecule has 0 bridgehead atoms. The fraction of sp³-hybridized carbons (Fsp3) is 0. The van der Waals surface area contributed by atoms with E-state index < -0.39 is 0 Å². The Bertz CT molecular complexity index is 598. The highest BCUT2D eigenvalue weighted by atomic mass is 79.9. The molecule has 16 heavy (non-hydrogen) atoms. The van der Waals surface area contributed by atoms with Crippen molar-refractivity contribution < 1.29 is 4.39 Å². The van der Waals surface area contributed by atoms with Crippen molar-refractivity contribution >= 4 is 44.1 Å². The molecule has 1 N–H and O–H groups in total. The van der Waals surface area contributed by atoms with E-state index in [-0.39, 0.29) is 5.82 Å². The molecular formula is C10H5Br2FN2S. The van der Waals surface area contributed by atoms with Gasteiger partial charge in [0.15, 0.2) is 0 Å². The maximum Gasteiger partial charge on any atom is 0.138 e. The van der Waals surface area contributed by atoms with Gasteiger partial charge in [0.25, 0.3) is 0 Å². The Morgan fingerprint density at radius 3 is 2.62 bits per heavy atom. The molecule has 82 valence electrons. The van der Waals surface area contributed by atoms with Crippen molar-refractivity contribution in [3.63, 3.8) is 0 Å². The van der Waals surface area contributed by atoms with E-state index in [2.05, 4.69) is 41.8 Å². The summed E-state index contributed by atoms with van der Waals surface area (Å²) in [5, 5.41) is 0. The highest BCUT2D eigenvalue weighted by molar-refractivity contribution is 9.10. The van der Waals surface area contributed by atoms with Crippen molar-refractivity contribution in [3.05, 3.63) is 43.8 Å². The number of nitrogens with one attached hydrogen (secondary N) is 1. The first-order valence-corrected chi connectivity index (χ1v) is 6.27. The number of hydrogen-bond acceptors (Lipinski definition) is 2. The summed E-state index contributed by atoms with van der Waals surface area (Å²) in [6.07, 6.45) is 1.62. The highest BCUT2D eigenvalue weighted by Crippen LogP contribution is 2.23. The molecule has 1 aromatic carbocycles. The zero-order chi connectivity index (χ0) is 11.7. The fourth-order valence-electron chi connectivity index (χ4n) is 1.17. The molecule has 2 rings (SSSR count). The molecule has 0 aliphatic heterocycles. The van der Waals surface area contributed by atoms with Crippen LogP contribution >= 0.6 is 44.1 Å². The Morgan fingerprint density at radius 1 is 1.25 bits per heavy atom. The second-order valence-corrected chi connectivity index (χ2v) is 5.15. The molecule has 0 unspecified atom stereocenters. The number of aromatic nitrogens is 2. The number of rotatable bonds is 1. The van der Waals surface area contributed by atoms with Crippen molar-refractivity contribution in [2.24, 2.45) is 0 Å². The van der Waals surface area contributed by atoms with E-state index in [9.17, 15) is 4.39 Å². The third-order valence-corrected chi connectivity index (χ3v) is 3.74. The summed E-state index contributed by atoms with van der Waals surface area (Å²) in [7, 11) is 0. The summed E-state index contributed by atoms with van der Waals surface area (Å²) in [4.78, 5) is 7.12. The number of hydrogen-bond donors (Lipinski definition) is 1. The molecule has 6 heteroatoms. The quantitative estimate of drug-likeness (QED) is 0.757. The summed E-state index contributed by atoms with van der Waals surface area (Å²) < 4.78 is 14.7. The Kier molecular flexibility index (Phi) is 3.51. The van der Waals surface area contributed by atoms with Gasteiger partial charge in [0.2, 0.25) is 0 Å².